The Morgan fingerprint density at radius 3 is 2.88 bits per heavy atom. The summed E-state index contributed by atoms with van der Waals surface area (Å²) in [7, 11) is 1.76. The molecule has 0 amide bonds. The molecule has 1 aromatic carbocycles. The predicted molar refractivity (Wildman–Crippen MR) is 113 cm³/mol. The number of ether oxygens (including phenoxy) is 1. The summed E-state index contributed by atoms with van der Waals surface area (Å²) in [6.07, 6.45) is 4.71. The number of nitrogens with zero attached hydrogens (tertiary/aromatic N) is 3. The lowest BCUT2D eigenvalue weighted by Gasteiger charge is -2.18. The standard InChI is InChI=1S/C17H24ClN5O.HI/c1-14(24-16-7-3-6-15(18)12-16)13-21-17(19-2)20-8-4-10-23-11-5-9-22-23;/h3,5-7,9,11-12,14H,4,8,10,13H2,1-2H3,(H2,19,20,21);1H. The second kappa shape index (κ2) is 12.0. The monoisotopic (exact) mass is 477 g/mol. The van der Waals surface area contributed by atoms with Crippen molar-refractivity contribution in [2.24, 2.45) is 4.99 Å². The van der Waals surface area contributed by atoms with Gasteiger partial charge in [0.2, 0.25) is 0 Å². The number of rotatable bonds is 8. The van der Waals surface area contributed by atoms with Gasteiger partial charge in [0.25, 0.3) is 0 Å². The van der Waals surface area contributed by atoms with Gasteiger partial charge in [-0.2, -0.15) is 5.10 Å². The highest BCUT2D eigenvalue weighted by Crippen LogP contribution is 2.18. The van der Waals surface area contributed by atoms with Gasteiger partial charge in [-0.05, 0) is 37.6 Å². The van der Waals surface area contributed by atoms with E-state index in [9.17, 15) is 0 Å². The second-order valence-corrected chi connectivity index (χ2v) is 5.82. The van der Waals surface area contributed by atoms with E-state index in [2.05, 4.69) is 20.7 Å². The number of benzene rings is 1. The van der Waals surface area contributed by atoms with Crippen molar-refractivity contribution >= 4 is 41.5 Å². The SMILES string of the molecule is CN=C(NCCCn1cccn1)NCC(C)Oc1cccc(Cl)c1.I. The maximum atomic E-state index is 5.96. The van der Waals surface area contributed by atoms with Crippen molar-refractivity contribution in [1.82, 2.24) is 20.4 Å². The molecule has 2 rings (SSSR count). The molecule has 1 unspecified atom stereocenters. The molecule has 2 N–H and O–H groups in total. The Kier molecular flexibility index (Phi) is 10.3. The Balaban J connectivity index is 0.00000312. The van der Waals surface area contributed by atoms with E-state index in [0.717, 1.165) is 31.2 Å². The van der Waals surface area contributed by atoms with Crippen LogP contribution in [0.3, 0.4) is 0 Å². The summed E-state index contributed by atoms with van der Waals surface area (Å²) in [6, 6.07) is 9.32. The first-order valence-corrected chi connectivity index (χ1v) is 8.39. The number of hydrogen-bond donors (Lipinski definition) is 2. The van der Waals surface area contributed by atoms with Crippen LogP contribution in [0.2, 0.25) is 5.02 Å². The number of aryl methyl sites for hydroxylation is 1. The van der Waals surface area contributed by atoms with Crippen molar-refractivity contribution in [3.63, 3.8) is 0 Å². The summed E-state index contributed by atoms with van der Waals surface area (Å²) >= 11 is 5.96. The van der Waals surface area contributed by atoms with Crippen molar-refractivity contribution in [3.8, 4) is 5.75 Å². The zero-order chi connectivity index (χ0) is 17.2. The van der Waals surface area contributed by atoms with Crippen LogP contribution in [-0.4, -0.2) is 42.0 Å². The van der Waals surface area contributed by atoms with Crippen LogP contribution in [-0.2, 0) is 6.54 Å². The van der Waals surface area contributed by atoms with Crippen LogP contribution >= 0.6 is 35.6 Å². The lowest BCUT2D eigenvalue weighted by molar-refractivity contribution is 0.224. The third kappa shape index (κ3) is 8.44. The molecule has 0 fully saturated rings. The van der Waals surface area contributed by atoms with Gasteiger partial charge in [-0.3, -0.25) is 9.67 Å². The van der Waals surface area contributed by atoms with Crippen LogP contribution < -0.4 is 15.4 Å². The molecule has 0 saturated carbocycles. The average Bonchev–Trinajstić information content (AvgIpc) is 3.07. The van der Waals surface area contributed by atoms with E-state index in [-0.39, 0.29) is 30.1 Å². The van der Waals surface area contributed by atoms with Gasteiger partial charge in [-0.15, -0.1) is 24.0 Å². The van der Waals surface area contributed by atoms with Gasteiger partial charge in [0.1, 0.15) is 11.9 Å². The van der Waals surface area contributed by atoms with Gasteiger partial charge in [0, 0.05) is 37.6 Å². The van der Waals surface area contributed by atoms with E-state index in [1.807, 2.05) is 42.1 Å². The number of aliphatic imine (C=N–C) groups is 1. The summed E-state index contributed by atoms with van der Waals surface area (Å²) in [5.74, 6) is 1.52. The zero-order valence-corrected chi connectivity index (χ0v) is 17.6. The maximum absolute atomic E-state index is 5.96. The molecule has 25 heavy (non-hydrogen) atoms. The van der Waals surface area contributed by atoms with Crippen molar-refractivity contribution in [3.05, 3.63) is 47.7 Å². The van der Waals surface area contributed by atoms with Crippen molar-refractivity contribution in [1.29, 1.82) is 0 Å². The topological polar surface area (TPSA) is 63.5 Å². The smallest absolute Gasteiger partial charge is 0.191 e. The van der Waals surface area contributed by atoms with Crippen LogP contribution in [0.5, 0.6) is 5.75 Å². The fourth-order valence-electron chi connectivity index (χ4n) is 2.16. The van der Waals surface area contributed by atoms with Gasteiger partial charge < -0.3 is 15.4 Å². The Labute approximate surface area is 171 Å². The summed E-state index contributed by atoms with van der Waals surface area (Å²) in [5.41, 5.74) is 0. The van der Waals surface area contributed by atoms with Gasteiger partial charge in [0.05, 0.1) is 6.54 Å². The summed E-state index contributed by atoms with van der Waals surface area (Å²) in [6.45, 7) is 4.35. The Morgan fingerprint density at radius 1 is 1.36 bits per heavy atom. The van der Waals surface area contributed by atoms with E-state index >= 15 is 0 Å². The third-order valence-electron chi connectivity index (χ3n) is 3.33. The molecule has 0 aliphatic heterocycles. The van der Waals surface area contributed by atoms with Crippen molar-refractivity contribution in [2.45, 2.75) is 26.0 Å². The summed E-state index contributed by atoms with van der Waals surface area (Å²) in [4.78, 5) is 4.21. The minimum atomic E-state index is -0.00825. The van der Waals surface area contributed by atoms with Crippen molar-refractivity contribution < 1.29 is 4.74 Å². The zero-order valence-electron chi connectivity index (χ0n) is 14.5. The lowest BCUT2D eigenvalue weighted by Crippen LogP contribution is -2.42. The van der Waals surface area contributed by atoms with E-state index in [1.165, 1.54) is 0 Å². The summed E-state index contributed by atoms with van der Waals surface area (Å²) < 4.78 is 7.74. The van der Waals surface area contributed by atoms with Gasteiger partial charge >= 0.3 is 0 Å². The Hall–Kier alpha value is -1.48. The normalized spacial score (nSPS) is 12.2. The molecule has 8 heteroatoms. The quantitative estimate of drug-likeness (QED) is 0.265. The molecule has 1 heterocycles. The Morgan fingerprint density at radius 2 is 2.20 bits per heavy atom. The molecule has 138 valence electrons. The number of aromatic nitrogens is 2. The highest BCUT2D eigenvalue weighted by atomic mass is 127. The first-order valence-electron chi connectivity index (χ1n) is 8.01. The molecule has 1 aromatic heterocycles. The predicted octanol–water partition coefficient (Wildman–Crippen LogP) is 3.18. The minimum absolute atomic E-state index is 0. The van der Waals surface area contributed by atoms with Crippen LogP contribution in [0.15, 0.2) is 47.7 Å². The molecule has 2 aromatic rings. The highest BCUT2D eigenvalue weighted by molar-refractivity contribution is 14.0. The summed E-state index contributed by atoms with van der Waals surface area (Å²) in [5, 5.41) is 11.4. The second-order valence-electron chi connectivity index (χ2n) is 5.39. The fourth-order valence-corrected chi connectivity index (χ4v) is 2.34. The maximum Gasteiger partial charge on any atom is 0.191 e. The molecule has 0 bridgehead atoms. The van der Waals surface area contributed by atoms with E-state index in [0.29, 0.717) is 11.6 Å². The van der Waals surface area contributed by atoms with Crippen LogP contribution in [0.1, 0.15) is 13.3 Å². The molecule has 6 nitrogen and oxygen atoms in total. The number of nitrogens with one attached hydrogen (secondary N) is 2. The van der Waals surface area contributed by atoms with Crippen molar-refractivity contribution in [2.75, 3.05) is 20.1 Å². The lowest BCUT2D eigenvalue weighted by atomic mass is 10.3. The first-order chi connectivity index (χ1) is 11.7. The highest BCUT2D eigenvalue weighted by Gasteiger charge is 2.06. The molecular formula is C17H25ClIN5O. The number of guanidine groups is 1. The molecule has 0 spiro atoms. The van der Waals surface area contributed by atoms with Gasteiger partial charge in [-0.25, -0.2) is 0 Å². The minimum Gasteiger partial charge on any atom is -0.489 e. The van der Waals surface area contributed by atoms with E-state index in [4.69, 9.17) is 16.3 Å². The molecular weight excluding hydrogens is 453 g/mol. The van der Waals surface area contributed by atoms with Crippen LogP contribution in [0.4, 0.5) is 0 Å². The molecule has 0 saturated heterocycles. The third-order valence-corrected chi connectivity index (χ3v) is 3.56. The number of hydrogen-bond acceptors (Lipinski definition) is 3. The molecule has 0 aliphatic carbocycles. The largest absolute Gasteiger partial charge is 0.489 e. The average molecular weight is 478 g/mol. The Bertz CT molecular complexity index is 636. The molecule has 0 aliphatic rings. The van der Waals surface area contributed by atoms with Crippen LogP contribution in [0.25, 0.3) is 0 Å². The molecule has 1 atom stereocenters. The van der Waals surface area contributed by atoms with E-state index < -0.39 is 0 Å². The van der Waals surface area contributed by atoms with Gasteiger partial charge in [0.15, 0.2) is 5.96 Å². The molecule has 0 radical (unpaired) electrons. The van der Waals surface area contributed by atoms with Crippen LogP contribution in [0, 0.1) is 0 Å². The number of halogens is 2. The van der Waals surface area contributed by atoms with E-state index in [1.54, 1.807) is 19.3 Å². The van der Waals surface area contributed by atoms with Gasteiger partial charge in [-0.1, -0.05) is 17.7 Å². The first kappa shape index (κ1) is 21.6. The fraction of sp³-hybridized carbons (Fsp3) is 0.412.